The van der Waals surface area contributed by atoms with Crippen LogP contribution in [0.25, 0.3) is 0 Å². The van der Waals surface area contributed by atoms with E-state index < -0.39 is 22.0 Å². The first-order chi connectivity index (χ1) is 13.7. The Morgan fingerprint density at radius 3 is 2.34 bits per heavy atom. The Morgan fingerprint density at radius 1 is 1.10 bits per heavy atom. The summed E-state index contributed by atoms with van der Waals surface area (Å²) in [6.07, 6.45) is 0.000778. The van der Waals surface area contributed by atoms with Crippen molar-refractivity contribution in [1.29, 1.82) is 0 Å². The third kappa shape index (κ3) is 4.33. The molecule has 10 heteroatoms. The van der Waals surface area contributed by atoms with Gasteiger partial charge >= 0.3 is 5.97 Å². The highest BCUT2D eigenvalue weighted by Crippen LogP contribution is 2.33. The second-order valence-electron chi connectivity index (χ2n) is 6.40. The van der Waals surface area contributed by atoms with Crippen LogP contribution in [-0.2, 0) is 14.8 Å². The second-order valence-corrected chi connectivity index (χ2v) is 8.11. The number of carbonyl (C=O) groups excluding carboxylic acids is 1. The van der Waals surface area contributed by atoms with Gasteiger partial charge < -0.3 is 19.5 Å². The summed E-state index contributed by atoms with van der Waals surface area (Å²) in [6, 6.07) is 9.25. The molecule has 0 radical (unpaired) electrons. The van der Waals surface area contributed by atoms with Gasteiger partial charge in [-0.2, -0.15) is 0 Å². The van der Waals surface area contributed by atoms with Crippen LogP contribution in [0.4, 0.5) is 5.69 Å². The summed E-state index contributed by atoms with van der Waals surface area (Å²) in [5.74, 6) is -0.398. The van der Waals surface area contributed by atoms with Crippen molar-refractivity contribution >= 4 is 27.6 Å². The first-order valence-electron chi connectivity index (χ1n) is 8.63. The Kier molecular flexibility index (Phi) is 5.76. The number of hydrogen-bond acceptors (Lipinski definition) is 6. The van der Waals surface area contributed by atoms with Crippen molar-refractivity contribution in [2.24, 2.45) is 0 Å². The highest BCUT2D eigenvalue weighted by atomic mass is 32.2. The Hall–Kier alpha value is -3.11. The van der Waals surface area contributed by atoms with E-state index in [-0.39, 0.29) is 29.3 Å². The highest BCUT2D eigenvalue weighted by molar-refractivity contribution is 7.89. The van der Waals surface area contributed by atoms with Crippen LogP contribution in [0.2, 0.25) is 0 Å². The standard InChI is InChI=1S/C19H20N2O7S/c1-27-16-8-5-14(10-17(16)28-2)21-11-13(9-18(21)22)20-29(25,26)15-6-3-12(4-7-15)19(23)24/h3-8,10,13,20H,9,11H2,1-2H3,(H,23,24). The molecular weight excluding hydrogens is 400 g/mol. The van der Waals surface area contributed by atoms with Gasteiger partial charge in [0, 0.05) is 30.8 Å². The molecule has 1 atom stereocenters. The summed E-state index contributed by atoms with van der Waals surface area (Å²) in [5, 5.41) is 8.92. The van der Waals surface area contributed by atoms with Gasteiger partial charge in [0.2, 0.25) is 15.9 Å². The minimum absolute atomic E-state index is 0.000778. The molecule has 0 bridgehead atoms. The van der Waals surface area contributed by atoms with Crippen molar-refractivity contribution in [3.05, 3.63) is 48.0 Å². The number of carbonyl (C=O) groups is 2. The zero-order chi connectivity index (χ0) is 21.2. The molecule has 1 aliphatic rings. The molecule has 1 unspecified atom stereocenters. The number of sulfonamides is 1. The van der Waals surface area contributed by atoms with E-state index in [4.69, 9.17) is 14.6 Å². The average Bonchev–Trinajstić information content (AvgIpc) is 3.06. The third-order valence-electron chi connectivity index (χ3n) is 4.54. The Bertz CT molecular complexity index is 1040. The zero-order valence-corrected chi connectivity index (χ0v) is 16.6. The maximum absolute atomic E-state index is 12.6. The Labute approximate surface area is 167 Å². The number of benzene rings is 2. The Morgan fingerprint density at radius 2 is 1.76 bits per heavy atom. The zero-order valence-electron chi connectivity index (χ0n) is 15.8. The summed E-state index contributed by atoms with van der Waals surface area (Å²) in [7, 11) is -0.913. The average molecular weight is 420 g/mol. The number of aromatic carboxylic acids is 1. The molecule has 1 aliphatic heterocycles. The molecule has 3 rings (SSSR count). The van der Waals surface area contributed by atoms with Crippen LogP contribution >= 0.6 is 0 Å². The summed E-state index contributed by atoms with van der Waals surface area (Å²) < 4.78 is 38.1. The lowest BCUT2D eigenvalue weighted by atomic mass is 10.2. The molecule has 29 heavy (non-hydrogen) atoms. The van der Waals surface area contributed by atoms with Crippen molar-refractivity contribution < 1.29 is 32.6 Å². The van der Waals surface area contributed by atoms with Gasteiger partial charge in [-0.1, -0.05) is 0 Å². The van der Waals surface area contributed by atoms with Crippen LogP contribution in [0.5, 0.6) is 11.5 Å². The number of methoxy groups -OCH3 is 2. The van der Waals surface area contributed by atoms with Crippen LogP contribution in [0.3, 0.4) is 0 Å². The normalized spacial score (nSPS) is 16.7. The van der Waals surface area contributed by atoms with Crippen LogP contribution in [0.1, 0.15) is 16.8 Å². The fraction of sp³-hybridized carbons (Fsp3) is 0.263. The van der Waals surface area contributed by atoms with Crippen molar-refractivity contribution in [2.75, 3.05) is 25.7 Å². The molecule has 9 nitrogen and oxygen atoms in total. The third-order valence-corrected chi connectivity index (χ3v) is 6.07. The van der Waals surface area contributed by atoms with Gasteiger partial charge in [-0.05, 0) is 36.4 Å². The van der Waals surface area contributed by atoms with Crippen LogP contribution in [-0.4, -0.2) is 52.2 Å². The molecule has 1 heterocycles. The number of carboxylic acids is 1. The first-order valence-corrected chi connectivity index (χ1v) is 10.1. The van der Waals surface area contributed by atoms with Crippen molar-refractivity contribution in [3.63, 3.8) is 0 Å². The number of amides is 1. The molecule has 2 N–H and O–H groups in total. The second kappa shape index (κ2) is 8.10. The van der Waals surface area contributed by atoms with Gasteiger partial charge in [0.25, 0.3) is 0 Å². The fourth-order valence-electron chi connectivity index (χ4n) is 3.09. The van der Waals surface area contributed by atoms with Crippen LogP contribution in [0, 0.1) is 0 Å². The molecule has 2 aromatic carbocycles. The van der Waals surface area contributed by atoms with E-state index in [1.165, 1.54) is 43.4 Å². The molecular formula is C19H20N2O7S. The highest BCUT2D eigenvalue weighted by Gasteiger charge is 2.34. The number of ether oxygens (including phenoxy) is 2. The fourth-order valence-corrected chi connectivity index (χ4v) is 4.32. The molecule has 0 aliphatic carbocycles. The van der Waals surface area contributed by atoms with Gasteiger partial charge in [-0.15, -0.1) is 0 Å². The van der Waals surface area contributed by atoms with E-state index in [0.717, 1.165) is 0 Å². The minimum Gasteiger partial charge on any atom is -0.493 e. The summed E-state index contributed by atoms with van der Waals surface area (Å²) in [5.41, 5.74) is 0.555. The molecule has 0 spiro atoms. The Balaban J connectivity index is 1.75. The molecule has 1 saturated heterocycles. The number of anilines is 1. The van der Waals surface area contributed by atoms with Gasteiger partial charge in [0.15, 0.2) is 11.5 Å². The summed E-state index contributed by atoms with van der Waals surface area (Å²) in [6.45, 7) is 0.154. The minimum atomic E-state index is -3.91. The van der Waals surface area contributed by atoms with Gasteiger partial charge in [-0.25, -0.2) is 17.9 Å². The summed E-state index contributed by atoms with van der Waals surface area (Å²) in [4.78, 5) is 24.7. The lowest BCUT2D eigenvalue weighted by molar-refractivity contribution is -0.117. The molecule has 2 aromatic rings. The predicted octanol–water partition coefficient (Wildman–Crippen LogP) is 1.49. The maximum atomic E-state index is 12.6. The quantitative estimate of drug-likeness (QED) is 0.696. The number of nitrogens with zero attached hydrogens (tertiary/aromatic N) is 1. The molecule has 1 amide bonds. The topological polar surface area (TPSA) is 122 Å². The first kappa shape index (κ1) is 20.6. The van der Waals surface area contributed by atoms with E-state index in [1.54, 1.807) is 18.2 Å². The van der Waals surface area contributed by atoms with Gasteiger partial charge in [-0.3, -0.25) is 4.79 Å². The smallest absolute Gasteiger partial charge is 0.335 e. The number of hydrogen-bond donors (Lipinski definition) is 2. The summed E-state index contributed by atoms with van der Waals surface area (Å²) >= 11 is 0. The molecule has 0 aromatic heterocycles. The molecule has 0 saturated carbocycles. The lowest BCUT2D eigenvalue weighted by Crippen LogP contribution is -2.37. The van der Waals surface area contributed by atoms with E-state index in [9.17, 15) is 18.0 Å². The van der Waals surface area contributed by atoms with Crippen molar-refractivity contribution in [2.45, 2.75) is 17.4 Å². The molecule has 1 fully saturated rings. The van der Waals surface area contributed by atoms with E-state index in [0.29, 0.717) is 17.2 Å². The lowest BCUT2D eigenvalue weighted by Gasteiger charge is -2.19. The van der Waals surface area contributed by atoms with Gasteiger partial charge in [0.1, 0.15) is 0 Å². The monoisotopic (exact) mass is 420 g/mol. The van der Waals surface area contributed by atoms with E-state index in [2.05, 4.69) is 4.72 Å². The largest absolute Gasteiger partial charge is 0.493 e. The van der Waals surface area contributed by atoms with Crippen molar-refractivity contribution in [3.8, 4) is 11.5 Å². The van der Waals surface area contributed by atoms with Gasteiger partial charge in [0.05, 0.1) is 24.7 Å². The number of carboxylic acid groups (broad SMARTS) is 1. The van der Waals surface area contributed by atoms with Crippen molar-refractivity contribution in [1.82, 2.24) is 4.72 Å². The van der Waals surface area contributed by atoms with Crippen LogP contribution < -0.4 is 19.1 Å². The number of rotatable bonds is 7. The maximum Gasteiger partial charge on any atom is 0.335 e. The number of nitrogens with one attached hydrogen (secondary N) is 1. The SMILES string of the molecule is COc1ccc(N2CC(NS(=O)(=O)c3ccc(C(=O)O)cc3)CC2=O)cc1OC. The van der Waals surface area contributed by atoms with E-state index >= 15 is 0 Å². The molecule has 154 valence electrons. The van der Waals surface area contributed by atoms with Crippen LogP contribution in [0.15, 0.2) is 47.4 Å². The van der Waals surface area contributed by atoms with E-state index in [1.807, 2.05) is 0 Å². The predicted molar refractivity (Wildman–Crippen MR) is 104 cm³/mol.